The lowest BCUT2D eigenvalue weighted by Gasteiger charge is -2.06. The van der Waals surface area contributed by atoms with E-state index in [0.717, 1.165) is 5.56 Å². The van der Waals surface area contributed by atoms with Crippen LogP contribution in [-0.4, -0.2) is 26.3 Å². The van der Waals surface area contributed by atoms with Crippen LogP contribution in [0, 0.1) is 0 Å². The Bertz CT molecular complexity index is 503. The predicted molar refractivity (Wildman–Crippen MR) is 86.1 cm³/mol. The number of ether oxygens (including phenoxy) is 3. The van der Waals surface area contributed by atoms with Crippen LogP contribution in [0.4, 0.5) is 0 Å². The molecule has 0 N–H and O–H groups in total. The highest BCUT2D eigenvalue weighted by atomic mass is 16.6. The van der Waals surface area contributed by atoms with Gasteiger partial charge in [-0.3, -0.25) is 0 Å². The van der Waals surface area contributed by atoms with Gasteiger partial charge < -0.3 is 14.2 Å². The van der Waals surface area contributed by atoms with Crippen molar-refractivity contribution in [1.29, 1.82) is 0 Å². The van der Waals surface area contributed by atoms with Gasteiger partial charge in [0.05, 0.1) is 20.3 Å². The van der Waals surface area contributed by atoms with E-state index in [9.17, 15) is 4.79 Å². The summed E-state index contributed by atoms with van der Waals surface area (Å²) in [5.74, 6) is -0.298. The molecular formula is C18H22O4. The van der Waals surface area contributed by atoms with Gasteiger partial charge in [0.25, 0.3) is 0 Å². The molecule has 0 unspecified atom stereocenters. The van der Waals surface area contributed by atoms with E-state index in [2.05, 4.69) is 11.3 Å². The summed E-state index contributed by atoms with van der Waals surface area (Å²) in [6, 6.07) is 9.96. The highest BCUT2D eigenvalue weighted by Crippen LogP contribution is 2.03. The summed E-state index contributed by atoms with van der Waals surface area (Å²) in [4.78, 5) is 11.4. The number of methoxy groups -OCH3 is 1. The number of hydrogen-bond donors (Lipinski definition) is 0. The number of rotatable bonds is 10. The maximum absolute atomic E-state index is 11.4. The molecule has 0 aliphatic heterocycles. The molecule has 0 atom stereocenters. The van der Waals surface area contributed by atoms with Crippen LogP contribution in [0.25, 0.3) is 0 Å². The van der Waals surface area contributed by atoms with E-state index in [1.54, 1.807) is 18.2 Å². The van der Waals surface area contributed by atoms with Crippen molar-refractivity contribution >= 4 is 5.97 Å². The third-order valence-electron chi connectivity index (χ3n) is 2.68. The van der Waals surface area contributed by atoms with Crippen LogP contribution in [0.5, 0.6) is 0 Å². The van der Waals surface area contributed by atoms with Gasteiger partial charge in [0, 0.05) is 0 Å². The molecule has 0 aliphatic rings. The van der Waals surface area contributed by atoms with E-state index in [-0.39, 0.29) is 12.4 Å². The van der Waals surface area contributed by atoms with Gasteiger partial charge >= 0.3 is 5.97 Å². The molecule has 1 rings (SSSR count). The maximum atomic E-state index is 11.4. The Morgan fingerprint density at radius 1 is 1.18 bits per heavy atom. The topological polar surface area (TPSA) is 44.8 Å². The molecule has 0 bridgehead atoms. The average molecular weight is 302 g/mol. The first-order chi connectivity index (χ1) is 10.8. The third kappa shape index (κ3) is 7.45. The van der Waals surface area contributed by atoms with Crippen molar-refractivity contribution in [3.8, 4) is 0 Å². The van der Waals surface area contributed by atoms with E-state index < -0.39 is 5.97 Å². The lowest BCUT2D eigenvalue weighted by molar-refractivity contribution is -0.139. The van der Waals surface area contributed by atoms with E-state index in [4.69, 9.17) is 9.47 Å². The lowest BCUT2D eigenvalue weighted by atomic mass is 10.2. The molecule has 4 nitrogen and oxygen atoms in total. The van der Waals surface area contributed by atoms with Crippen LogP contribution in [0.3, 0.4) is 0 Å². The summed E-state index contributed by atoms with van der Waals surface area (Å²) < 4.78 is 15.5. The van der Waals surface area contributed by atoms with Crippen LogP contribution in [0.1, 0.15) is 12.0 Å². The van der Waals surface area contributed by atoms with Gasteiger partial charge in [0.15, 0.2) is 0 Å². The highest BCUT2D eigenvalue weighted by molar-refractivity contribution is 5.86. The summed E-state index contributed by atoms with van der Waals surface area (Å²) >= 11 is 0. The van der Waals surface area contributed by atoms with E-state index in [1.807, 2.05) is 36.4 Å². The number of hydrogen-bond acceptors (Lipinski definition) is 4. The zero-order valence-electron chi connectivity index (χ0n) is 12.9. The largest absolute Gasteiger partial charge is 0.483 e. The van der Waals surface area contributed by atoms with Gasteiger partial charge in [0.2, 0.25) is 5.76 Å². The first-order valence-electron chi connectivity index (χ1n) is 7.06. The van der Waals surface area contributed by atoms with Crippen molar-refractivity contribution in [3.05, 3.63) is 72.5 Å². The van der Waals surface area contributed by atoms with Gasteiger partial charge in [0.1, 0.15) is 6.61 Å². The molecule has 0 saturated carbocycles. The molecule has 0 heterocycles. The van der Waals surface area contributed by atoms with Crippen molar-refractivity contribution in [2.75, 3.05) is 20.3 Å². The van der Waals surface area contributed by atoms with Crippen LogP contribution < -0.4 is 0 Å². The first-order valence-corrected chi connectivity index (χ1v) is 7.06. The van der Waals surface area contributed by atoms with E-state index in [0.29, 0.717) is 19.6 Å². The molecule has 0 aliphatic carbocycles. The minimum Gasteiger partial charge on any atom is -0.483 e. The second-order valence-corrected chi connectivity index (χ2v) is 4.37. The molecule has 0 aromatic heterocycles. The van der Waals surface area contributed by atoms with Crippen molar-refractivity contribution in [2.45, 2.75) is 13.0 Å². The number of benzene rings is 1. The number of allylic oxidation sites excluding steroid dienone is 2. The van der Waals surface area contributed by atoms with Gasteiger partial charge in [-0.2, -0.15) is 0 Å². The first kappa shape index (κ1) is 17.7. The highest BCUT2D eigenvalue weighted by Gasteiger charge is 2.09. The second kappa shape index (κ2) is 11.3. The lowest BCUT2D eigenvalue weighted by Crippen LogP contribution is -2.08. The second-order valence-electron chi connectivity index (χ2n) is 4.37. The molecular weight excluding hydrogens is 280 g/mol. The number of carbonyl (C=O) groups is 1. The third-order valence-corrected chi connectivity index (χ3v) is 2.68. The van der Waals surface area contributed by atoms with E-state index in [1.165, 1.54) is 7.11 Å². The van der Waals surface area contributed by atoms with Crippen molar-refractivity contribution in [2.24, 2.45) is 0 Å². The molecule has 118 valence electrons. The molecule has 22 heavy (non-hydrogen) atoms. The molecule has 0 amide bonds. The van der Waals surface area contributed by atoms with Crippen LogP contribution in [0.2, 0.25) is 0 Å². The SMILES string of the molecule is C=CC/C=C(\OC/C=C\COCc1ccccc1)C(=O)OC. The van der Waals surface area contributed by atoms with Crippen LogP contribution >= 0.6 is 0 Å². The molecule has 1 aromatic rings. The normalized spacial score (nSPS) is 11.4. The minimum atomic E-state index is -0.490. The molecule has 0 radical (unpaired) electrons. The Labute approximate surface area is 131 Å². The van der Waals surface area contributed by atoms with Gasteiger partial charge in [-0.15, -0.1) is 6.58 Å². The Balaban J connectivity index is 2.24. The molecule has 0 fully saturated rings. The van der Waals surface area contributed by atoms with Gasteiger partial charge in [-0.1, -0.05) is 42.5 Å². The van der Waals surface area contributed by atoms with E-state index >= 15 is 0 Å². The van der Waals surface area contributed by atoms with Crippen LogP contribution in [-0.2, 0) is 25.6 Å². The summed E-state index contributed by atoms with van der Waals surface area (Å²) in [5.41, 5.74) is 1.13. The average Bonchev–Trinajstić information content (AvgIpc) is 2.57. The molecule has 1 aromatic carbocycles. The van der Waals surface area contributed by atoms with Crippen molar-refractivity contribution in [3.63, 3.8) is 0 Å². The fraction of sp³-hybridized carbons (Fsp3) is 0.278. The number of carbonyl (C=O) groups excluding carboxylic acids is 1. The van der Waals surface area contributed by atoms with Crippen molar-refractivity contribution < 1.29 is 19.0 Å². The van der Waals surface area contributed by atoms with Crippen molar-refractivity contribution in [1.82, 2.24) is 0 Å². The Hall–Kier alpha value is -2.33. The summed E-state index contributed by atoms with van der Waals surface area (Å²) in [6.07, 6.45) is 7.52. The fourth-order valence-electron chi connectivity index (χ4n) is 1.59. The summed E-state index contributed by atoms with van der Waals surface area (Å²) in [7, 11) is 1.32. The Kier molecular flexibility index (Phi) is 9.14. The van der Waals surface area contributed by atoms with Gasteiger partial charge in [-0.05, 0) is 24.1 Å². The quantitative estimate of drug-likeness (QED) is 0.218. The molecule has 0 saturated heterocycles. The predicted octanol–water partition coefficient (Wildman–Crippen LogP) is 3.41. The van der Waals surface area contributed by atoms with Gasteiger partial charge in [-0.25, -0.2) is 4.79 Å². The zero-order valence-corrected chi connectivity index (χ0v) is 12.9. The standard InChI is InChI=1S/C18H22O4/c1-3-4-12-17(18(19)20-2)22-14-9-8-13-21-15-16-10-6-5-7-11-16/h3,5-12H,1,4,13-15H2,2H3/b9-8-,17-12-. The Morgan fingerprint density at radius 3 is 2.59 bits per heavy atom. The fourth-order valence-corrected chi connectivity index (χ4v) is 1.59. The Morgan fingerprint density at radius 2 is 1.91 bits per heavy atom. The zero-order chi connectivity index (χ0) is 16.0. The van der Waals surface area contributed by atoms with Crippen LogP contribution in [0.15, 0.2) is 67.0 Å². The maximum Gasteiger partial charge on any atom is 0.372 e. The monoisotopic (exact) mass is 302 g/mol. The summed E-state index contributed by atoms with van der Waals surface area (Å²) in [6.45, 7) is 4.93. The smallest absolute Gasteiger partial charge is 0.372 e. The number of esters is 1. The minimum absolute atomic E-state index is 0.192. The molecule has 4 heteroatoms. The summed E-state index contributed by atoms with van der Waals surface area (Å²) in [5, 5.41) is 0. The molecule has 0 spiro atoms.